The first kappa shape index (κ1) is 18.6. The molecule has 0 amide bonds. The monoisotopic (exact) mass is 291 g/mol. The first-order valence-electron chi connectivity index (χ1n) is 7.24. The van der Waals surface area contributed by atoms with Crippen LogP contribution in [0.2, 0.25) is 0 Å². The molecular formula is C14H29NO3S. The van der Waals surface area contributed by atoms with Gasteiger partial charge in [0.25, 0.3) is 0 Å². The highest BCUT2D eigenvalue weighted by Gasteiger charge is 2.09. The Hall–Kier alpha value is -0.390. The van der Waals surface area contributed by atoms with Crippen molar-refractivity contribution in [2.45, 2.75) is 51.9 Å². The van der Waals surface area contributed by atoms with Crippen molar-refractivity contribution >= 4 is 10.0 Å². The molecule has 0 aromatic rings. The van der Waals surface area contributed by atoms with Crippen LogP contribution in [0.15, 0.2) is 12.7 Å². The van der Waals surface area contributed by atoms with Gasteiger partial charge in [-0.25, -0.2) is 13.1 Å². The van der Waals surface area contributed by atoms with E-state index in [1.54, 1.807) is 0 Å². The summed E-state index contributed by atoms with van der Waals surface area (Å²) in [6, 6.07) is 0. The topological polar surface area (TPSA) is 66.4 Å². The first-order valence-corrected chi connectivity index (χ1v) is 8.90. The molecule has 0 aliphatic carbocycles. The molecule has 114 valence electrons. The number of rotatable bonds is 13. The molecule has 0 bridgehead atoms. The maximum Gasteiger partial charge on any atom is 0.211 e. The quantitative estimate of drug-likeness (QED) is 0.404. The van der Waals surface area contributed by atoms with E-state index in [2.05, 4.69) is 18.2 Å². The van der Waals surface area contributed by atoms with Crippen molar-refractivity contribution in [1.29, 1.82) is 0 Å². The van der Waals surface area contributed by atoms with Crippen LogP contribution in [0.4, 0.5) is 0 Å². The van der Waals surface area contributed by atoms with Gasteiger partial charge in [0.05, 0.1) is 5.75 Å². The fourth-order valence-corrected chi connectivity index (χ4v) is 3.10. The Morgan fingerprint density at radius 2 is 2.00 bits per heavy atom. The van der Waals surface area contributed by atoms with Gasteiger partial charge < -0.3 is 5.11 Å². The molecule has 0 saturated heterocycles. The van der Waals surface area contributed by atoms with Gasteiger partial charge in [-0.15, -0.1) is 6.58 Å². The zero-order chi connectivity index (χ0) is 14.6. The van der Waals surface area contributed by atoms with E-state index in [4.69, 9.17) is 5.11 Å². The van der Waals surface area contributed by atoms with Crippen molar-refractivity contribution in [3.05, 3.63) is 12.7 Å². The molecule has 0 aromatic carbocycles. The Morgan fingerprint density at radius 3 is 2.58 bits per heavy atom. The van der Waals surface area contributed by atoms with Crippen LogP contribution in [0, 0.1) is 5.92 Å². The fraction of sp³-hybridized carbons (Fsp3) is 0.857. The van der Waals surface area contributed by atoms with Gasteiger partial charge in [-0.3, -0.25) is 0 Å². The molecule has 1 atom stereocenters. The van der Waals surface area contributed by atoms with E-state index in [-0.39, 0.29) is 18.3 Å². The van der Waals surface area contributed by atoms with Gasteiger partial charge in [0.15, 0.2) is 0 Å². The molecule has 0 aromatic heterocycles. The van der Waals surface area contributed by atoms with Crippen molar-refractivity contribution in [2.75, 3.05) is 18.9 Å². The lowest BCUT2D eigenvalue weighted by Gasteiger charge is -2.11. The molecule has 0 aliphatic heterocycles. The highest BCUT2D eigenvalue weighted by Crippen LogP contribution is 2.12. The third-order valence-corrected chi connectivity index (χ3v) is 4.61. The van der Waals surface area contributed by atoms with Gasteiger partial charge in [-0.05, 0) is 31.6 Å². The Labute approximate surface area is 118 Å². The summed E-state index contributed by atoms with van der Waals surface area (Å²) in [4.78, 5) is 0. The number of hydrogen-bond acceptors (Lipinski definition) is 3. The number of aliphatic hydroxyl groups excluding tert-OH is 1. The summed E-state index contributed by atoms with van der Waals surface area (Å²) in [6.07, 6.45) is 8.02. The second-order valence-corrected chi connectivity index (χ2v) is 6.92. The number of unbranched alkanes of at least 4 members (excludes halogenated alkanes) is 3. The van der Waals surface area contributed by atoms with Crippen LogP contribution in [0.25, 0.3) is 0 Å². The fourth-order valence-electron chi connectivity index (χ4n) is 1.92. The minimum atomic E-state index is -3.09. The summed E-state index contributed by atoms with van der Waals surface area (Å²) < 4.78 is 25.8. The number of allylic oxidation sites excluding steroid dienone is 1. The number of nitrogens with one attached hydrogen (secondary N) is 1. The molecule has 19 heavy (non-hydrogen) atoms. The van der Waals surface area contributed by atoms with Crippen LogP contribution < -0.4 is 4.72 Å². The Balaban J connectivity index is 3.64. The summed E-state index contributed by atoms with van der Waals surface area (Å²) in [5.74, 6) is 0.495. The van der Waals surface area contributed by atoms with Crippen molar-refractivity contribution in [1.82, 2.24) is 4.72 Å². The Morgan fingerprint density at radius 1 is 1.26 bits per heavy atom. The minimum Gasteiger partial charge on any atom is -0.396 e. The number of aliphatic hydroxyl groups is 1. The summed E-state index contributed by atoms with van der Waals surface area (Å²) >= 11 is 0. The molecule has 0 heterocycles. The van der Waals surface area contributed by atoms with Crippen LogP contribution in [-0.4, -0.2) is 32.4 Å². The standard InChI is InChI=1S/C14H29NO3S/c1-3-5-8-12-19(17,18)15-11-7-6-10-14(13-16)9-4-2/h4,14-16H,2-3,5-13H2,1H3. The molecule has 0 fully saturated rings. The largest absolute Gasteiger partial charge is 0.396 e. The van der Waals surface area contributed by atoms with E-state index in [1.807, 2.05) is 6.08 Å². The molecule has 4 nitrogen and oxygen atoms in total. The van der Waals surface area contributed by atoms with Crippen LogP contribution in [-0.2, 0) is 10.0 Å². The molecule has 1 unspecified atom stereocenters. The van der Waals surface area contributed by atoms with Crippen molar-refractivity contribution in [3.8, 4) is 0 Å². The van der Waals surface area contributed by atoms with E-state index in [1.165, 1.54) is 0 Å². The lowest BCUT2D eigenvalue weighted by molar-refractivity contribution is 0.217. The van der Waals surface area contributed by atoms with Gasteiger partial charge in [0, 0.05) is 13.2 Å². The third-order valence-electron chi connectivity index (χ3n) is 3.14. The lowest BCUT2D eigenvalue weighted by Crippen LogP contribution is -2.27. The van der Waals surface area contributed by atoms with Gasteiger partial charge in [-0.1, -0.05) is 32.3 Å². The van der Waals surface area contributed by atoms with Gasteiger partial charge in [-0.2, -0.15) is 0 Å². The van der Waals surface area contributed by atoms with Gasteiger partial charge in [0.2, 0.25) is 10.0 Å². The van der Waals surface area contributed by atoms with E-state index in [0.29, 0.717) is 6.54 Å². The van der Waals surface area contributed by atoms with Crippen LogP contribution in [0.1, 0.15) is 51.9 Å². The van der Waals surface area contributed by atoms with Crippen molar-refractivity contribution < 1.29 is 13.5 Å². The van der Waals surface area contributed by atoms with Crippen molar-refractivity contribution in [2.24, 2.45) is 5.92 Å². The molecule has 0 aliphatic rings. The predicted octanol–water partition coefficient (Wildman–Crippen LogP) is 2.45. The van der Waals surface area contributed by atoms with Gasteiger partial charge in [0.1, 0.15) is 0 Å². The minimum absolute atomic E-state index is 0.175. The lowest BCUT2D eigenvalue weighted by atomic mass is 9.99. The summed E-state index contributed by atoms with van der Waals surface area (Å²) in [5.41, 5.74) is 0. The first-order chi connectivity index (χ1) is 9.05. The van der Waals surface area contributed by atoms with E-state index in [9.17, 15) is 8.42 Å². The molecule has 0 saturated carbocycles. The average molecular weight is 291 g/mol. The smallest absolute Gasteiger partial charge is 0.211 e. The normalized spacial score (nSPS) is 13.4. The highest BCUT2D eigenvalue weighted by molar-refractivity contribution is 7.89. The SMILES string of the molecule is C=CCC(CO)CCCCNS(=O)(=O)CCCCC. The predicted molar refractivity (Wildman–Crippen MR) is 80.6 cm³/mol. The van der Waals surface area contributed by atoms with Crippen LogP contribution in [0.3, 0.4) is 0 Å². The summed E-state index contributed by atoms with van der Waals surface area (Å²) in [5, 5.41) is 9.10. The maximum atomic E-state index is 11.6. The molecule has 5 heteroatoms. The molecular weight excluding hydrogens is 262 g/mol. The summed E-state index contributed by atoms with van der Waals surface area (Å²) in [6.45, 7) is 6.39. The zero-order valence-corrected chi connectivity index (χ0v) is 12.9. The van der Waals surface area contributed by atoms with Crippen LogP contribution >= 0.6 is 0 Å². The molecule has 0 rings (SSSR count). The van der Waals surface area contributed by atoms with Gasteiger partial charge >= 0.3 is 0 Å². The molecule has 0 radical (unpaired) electrons. The third kappa shape index (κ3) is 11.2. The second-order valence-electron chi connectivity index (χ2n) is 4.99. The molecule has 2 N–H and O–H groups in total. The van der Waals surface area contributed by atoms with E-state index >= 15 is 0 Å². The maximum absolute atomic E-state index is 11.6. The summed E-state index contributed by atoms with van der Waals surface area (Å²) in [7, 11) is -3.09. The highest BCUT2D eigenvalue weighted by atomic mass is 32.2. The number of sulfonamides is 1. The molecule has 0 spiro atoms. The van der Waals surface area contributed by atoms with Crippen molar-refractivity contribution in [3.63, 3.8) is 0 Å². The van der Waals surface area contributed by atoms with Crippen LogP contribution in [0.5, 0.6) is 0 Å². The van der Waals surface area contributed by atoms with E-state index < -0.39 is 10.0 Å². The zero-order valence-electron chi connectivity index (χ0n) is 12.1. The second kappa shape index (κ2) is 11.4. The Kier molecular flexibility index (Phi) is 11.2. The average Bonchev–Trinajstić information content (AvgIpc) is 2.37. The van der Waals surface area contributed by atoms with E-state index in [0.717, 1.165) is 44.9 Å². The number of hydrogen-bond donors (Lipinski definition) is 2. The Bertz CT molecular complexity index is 315.